The lowest BCUT2D eigenvalue weighted by Gasteiger charge is -2.24. The lowest BCUT2D eigenvalue weighted by molar-refractivity contribution is -0.117. The summed E-state index contributed by atoms with van der Waals surface area (Å²) in [6, 6.07) is 6.94. The summed E-state index contributed by atoms with van der Waals surface area (Å²) in [5.74, 6) is 0.129. The van der Waals surface area contributed by atoms with Crippen molar-refractivity contribution < 1.29 is 9.18 Å². The van der Waals surface area contributed by atoms with Crippen LogP contribution in [-0.4, -0.2) is 27.8 Å². The van der Waals surface area contributed by atoms with Crippen LogP contribution in [0.1, 0.15) is 43.5 Å². The van der Waals surface area contributed by atoms with Gasteiger partial charge in [-0.15, -0.1) is 0 Å². The Morgan fingerprint density at radius 3 is 2.77 bits per heavy atom. The van der Waals surface area contributed by atoms with Crippen LogP contribution in [0.4, 0.5) is 10.1 Å². The Labute approximate surface area is 153 Å². The van der Waals surface area contributed by atoms with E-state index in [1.807, 2.05) is 19.9 Å². The average Bonchev–Trinajstić information content (AvgIpc) is 3.18. The fourth-order valence-corrected chi connectivity index (χ4v) is 4.38. The number of amides is 1. The predicted molar refractivity (Wildman–Crippen MR) is 98.9 cm³/mol. The predicted octanol–water partition coefficient (Wildman–Crippen LogP) is 3.49. The number of hydrogen-bond acceptors (Lipinski definition) is 3. The van der Waals surface area contributed by atoms with Gasteiger partial charge in [0.15, 0.2) is 5.82 Å². The minimum absolute atomic E-state index is 0.0716. The molecule has 2 N–H and O–H groups in total. The maximum Gasteiger partial charge on any atom is 0.241 e. The fourth-order valence-electron chi connectivity index (χ4n) is 4.38. The molecular weight excluding hydrogens is 331 g/mol. The van der Waals surface area contributed by atoms with Gasteiger partial charge < -0.3 is 10.6 Å². The Bertz CT molecular complexity index is 817. The number of benzene rings is 1. The van der Waals surface area contributed by atoms with Gasteiger partial charge in [0.25, 0.3) is 0 Å². The lowest BCUT2D eigenvalue weighted by Crippen LogP contribution is -2.39. The average molecular weight is 356 g/mol. The Balaban J connectivity index is 1.46. The molecule has 3 atom stereocenters. The van der Waals surface area contributed by atoms with E-state index < -0.39 is 5.82 Å². The molecule has 1 aromatic heterocycles. The molecule has 1 saturated carbocycles. The molecule has 2 aromatic rings. The van der Waals surface area contributed by atoms with Crippen molar-refractivity contribution in [3.63, 3.8) is 0 Å². The van der Waals surface area contributed by atoms with Crippen LogP contribution in [0.15, 0.2) is 24.3 Å². The van der Waals surface area contributed by atoms with Gasteiger partial charge in [0.2, 0.25) is 5.91 Å². The van der Waals surface area contributed by atoms with Crippen LogP contribution < -0.4 is 10.6 Å². The van der Waals surface area contributed by atoms with Gasteiger partial charge >= 0.3 is 0 Å². The maximum absolute atomic E-state index is 14.6. The van der Waals surface area contributed by atoms with Crippen molar-refractivity contribution in [1.29, 1.82) is 0 Å². The minimum Gasteiger partial charge on any atom is -0.325 e. The quantitative estimate of drug-likeness (QED) is 0.885. The number of aromatic nitrogens is 2. The van der Waals surface area contributed by atoms with Gasteiger partial charge in [-0.1, -0.05) is 12.8 Å². The molecule has 2 heterocycles. The summed E-state index contributed by atoms with van der Waals surface area (Å²) in [4.78, 5) is 12.6. The largest absolute Gasteiger partial charge is 0.325 e. The summed E-state index contributed by atoms with van der Waals surface area (Å²) in [5.41, 5.74) is 2.58. The van der Waals surface area contributed by atoms with Crippen molar-refractivity contribution in [2.75, 3.05) is 5.32 Å². The van der Waals surface area contributed by atoms with E-state index in [1.165, 1.54) is 25.3 Å². The van der Waals surface area contributed by atoms with E-state index in [0.29, 0.717) is 23.3 Å². The molecular formula is C20H25FN4O. The molecule has 0 radical (unpaired) electrons. The molecule has 26 heavy (non-hydrogen) atoms. The number of carbonyl (C=O) groups excluding carboxylic acids is 1. The third-order valence-corrected chi connectivity index (χ3v) is 5.63. The zero-order valence-electron chi connectivity index (χ0n) is 15.3. The minimum atomic E-state index is -0.401. The van der Waals surface area contributed by atoms with Crippen molar-refractivity contribution in [2.24, 2.45) is 5.92 Å². The van der Waals surface area contributed by atoms with E-state index in [0.717, 1.165) is 24.2 Å². The molecule has 1 aromatic carbocycles. The molecule has 5 nitrogen and oxygen atoms in total. The zero-order valence-corrected chi connectivity index (χ0v) is 15.3. The number of carbonyl (C=O) groups is 1. The zero-order chi connectivity index (χ0) is 18.3. The number of nitrogens with one attached hydrogen (secondary N) is 2. The summed E-state index contributed by atoms with van der Waals surface area (Å²) in [5, 5.41) is 10.6. The summed E-state index contributed by atoms with van der Waals surface area (Å²) in [6.45, 7) is 3.77. The molecule has 0 spiro atoms. The van der Waals surface area contributed by atoms with E-state index in [9.17, 15) is 9.18 Å². The summed E-state index contributed by atoms with van der Waals surface area (Å²) in [6.07, 6.45) is 5.73. The number of fused-ring (bicyclic) bond motifs is 1. The Kier molecular flexibility index (Phi) is 4.53. The molecule has 2 aliphatic rings. The second kappa shape index (κ2) is 6.83. The first-order valence-corrected chi connectivity index (χ1v) is 9.41. The summed E-state index contributed by atoms with van der Waals surface area (Å²) in [7, 11) is 0. The van der Waals surface area contributed by atoms with Crippen LogP contribution in [0.3, 0.4) is 0 Å². The standard InChI is InChI=1S/C20H25FN4O/c1-12-9-13(2)25(24-12)19-8-7-15(11-16(19)21)22-20(26)18-10-14-5-3-4-6-17(14)23-18/h7-9,11,14,17-18,23H,3-6,10H2,1-2H3,(H,22,26). The molecule has 3 unspecified atom stereocenters. The maximum atomic E-state index is 14.6. The first-order chi connectivity index (χ1) is 12.5. The van der Waals surface area contributed by atoms with Crippen LogP contribution in [0.5, 0.6) is 0 Å². The molecule has 0 bridgehead atoms. The number of hydrogen-bond donors (Lipinski definition) is 2. The van der Waals surface area contributed by atoms with E-state index in [2.05, 4.69) is 15.7 Å². The summed E-state index contributed by atoms with van der Waals surface area (Å²) >= 11 is 0. The number of rotatable bonds is 3. The van der Waals surface area contributed by atoms with Gasteiger partial charge in [-0.3, -0.25) is 4.79 Å². The molecule has 1 aliphatic carbocycles. The number of anilines is 1. The fraction of sp³-hybridized carbons (Fsp3) is 0.500. The Morgan fingerprint density at radius 1 is 1.27 bits per heavy atom. The van der Waals surface area contributed by atoms with E-state index in [4.69, 9.17) is 0 Å². The Morgan fingerprint density at radius 2 is 2.08 bits per heavy atom. The van der Waals surface area contributed by atoms with Gasteiger partial charge in [-0.2, -0.15) is 5.10 Å². The third-order valence-electron chi connectivity index (χ3n) is 5.63. The Hall–Kier alpha value is -2.21. The van der Waals surface area contributed by atoms with Crippen molar-refractivity contribution >= 4 is 11.6 Å². The monoisotopic (exact) mass is 356 g/mol. The molecule has 6 heteroatoms. The van der Waals surface area contributed by atoms with Gasteiger partial charge in [0.1, 0.15) is 5.69 Å². The SMILES string of the molecule is Cc1cc(C)n(-c2ccc(NC(=O)C3CC4CCCCC4N3)cc2F)n1. The van der Waals surface area contributed by atoms with Gasteiger partial charge in [-0.05, 0) is 63.3 Å². The van der Waals surface area contributed by atoms with Crippen LogP contribution in [0.25, 0.3) is 5.69 Å². The lowest BCUT2D eigenvalue weighted by atomic mass is 9.85. The molecule has 1 saturated heterocycles. The van der Waals surface area contributed by atoms with E-state index in [1.54, 1.807) is 16.8 Å². The summed E-state index contributed by atoms with van der Waals surface area (Å²) < 4.78 is 16.1. The first kappa shape index (κ1) is 17.2. The number of nitrogens with zero attached hydrogens (tertiary/aromatic N) is 2. The van der Waals surface area contributed by atoms with Crippen molar-refractivity contribution in [3.8, 4) is 5.69 Å². The molecule has 1 aliphatic heterocycles. The van der Waals surface area contributed by atoms with E-state index in [-0.39, 0.29) is 11.9 Å². The highest BCUT2D eigenvalue weighted by molar-refractivity contribution is 5.95. The van der Waals surface area contributed by atoms with Crippen molar-refractivity contribution in [3.05, 3.63) is 41.5 Å². The highest BCUT2D eigenvalue weighted by atomic mass is 19.1. The molecule has 1 amide bonds. The second-order valence-corrected chi connectivity index (χ2v) is 7.60. The number of aryl methyl sites for hydroxylation is 2. The molecule has 4 rings (SSSR count). The van der Waals surface area contributed by atoms with E-state index >= 15 is 0 Å². The first-order valence-electron chi connectivity index (χ1n) is 9.41. The number of halogens is 1. The van der Waals surface area contributed by atoms with Crippen LogP contribution in [0.2, 0.25) is 0 Å². The van der Waals surface area contributed by atoms with Crippen LogP contribution >= 0.6 is 0 Å². The van der Waals surface area contributed by atoms with Crippen molar-refractivity contribution in [2.45, 2.75) is 58.0 Å². The van der Waals surface area contributed by atoms with Gasteiger partial charge in [0.05, 0.1) is 11.7 Å². The molecule has 138 valence electrons. The van der Waals surface area contributed by atoms with Gasteiger partial charge in [-0.25, -0.2) is 9.07 Å². The smallest absolute Gasteiger partial charge is 0.241 e. The normalized spacial score (nSPS) is 25.1. The van der Waals surface area contributed by atoms with Crippen LogP contribution in [-0.2, 0) is 4.79 Å². The third kappa shape index (κ3) is 3.26. The second-order valence-electron chi connectivity index (χ2n) is 7.60. The van der Waals surface area contributed by atoms with Crippen LogP contribution in [0, 0.1) is 25.6 Å². The van der Waals surface area contributed by atoms with Crippen molar-refractivity contribution in [1.82, 2.24) is 15.1 Å². The topological polar surface area (TPSA) is 59.0 Å². The van der Waals surface area contributed by atoms with Gasteiger partial charge in [0, 0.05) is 17.4 Å². The highest BCUT2D eigenvalue weighted by Crippen LogP contribution is 2.33. The highest BCUT2D eigenvalue weighted by Gasteiger charge is 2.38. The molecule has 2 fully saturated rings.